The SMILES string of the molecule is Cc1cc(C)cc(NC(=O)c2cc(C(C)C)n([C@H]3CCS(=O)(=O)C3)n2)c1. The Kier molecular flexibility index (Phi) is 4.92. The fourth-order valence-electron chi connectivity index (χ4n) is 3.45. The van der Waals surface area contributed by atoms with E-state index in [0.29, 0.717) is 12.1 Å². The molecule has 0 bridgehead atoms. The van der Waals surface area contributed by atoms with Crippen molar-refractivity contribution < 1.29 is 13.2 Å². The second kappa shape index (κ2) is 6.87. The smallest absolute Gasteiger partial charge is 0.276 e. The first-order chi connectivity index (χ1) is 12.1. The van der Waals surface area contributed by atoms with E-state index in [-0.39, 0.29) is 29.4 Å². The van der Waals surface area contributed by atoms with Crippen LogP contribution in [0.3, 0.4) is 0 Å². The normalized spacial score (nSPS) is 19.0. The molecule has 1 aliphatic heterocycles. The largest absolute Gasteiger partial charge is 0.321 e. The number of nitrogens with zero attached hydrogens (tertiary/aromatic N) is 2. The van der Waals surface area contributed by atoms with Crippen LogP contribution in [0.4, 0.5) is 5.69 Å². The molecule has 3 rings (SSSR count). The number of rotatable bonds is 4. The summed E-state index contributed by atoms with van der Waals surface area (Å²) in [6.45, 7) is 7.99. The first-order valence-electron chi connectivity index (χ1n) is 8.84. The van der Waals surface area contributed by atoms with Crippen molar-refractivity contribution in [3.63, 3.8) is 0 Å². The van der Waals surface area contributed by atoms with Crippen molar-refractivity contribution in [3.8, 4) is 0 Å². The number of carbonyl (C=O) groups is 1. The highest BCUT2D eigenvalue weighted by Gasteiger charge is 2.32. The number of benzene rings is 1. The Balaban J connectivity index is 1.88. The summed E-state index contributed by atoms with van der Waals surface area (Å²) in [4.78, 5) is 12.7. The molecule has 0 saturated carbocycles. The Morgan fingerprint density at radius 3 is 2.38 bits per heavy atom. The quantitative estimate of drug-likeness (QED) is 0.889. The van der Waals surface area contributed by atoms with Gasteiger partial charge in [0.1, 0.15) is 0 Å². The van der Waals surface area contributed by atoms with Gasteiger partial charge in [0.15, 0.2) is 15.5 Å². The Labute approximate surface area is 154 Å². The van der Waals surface area contributed by atoms with E-state index in [1.807, 2.05) is 45.9 Å². The van der Waals surface area contributed by atoms with Crippen LogP contribution >= 0.6 is 0 Å². The molecule has 0 radical (unpaired) electrons. The molecule has 0 unspecified atom stereocenters. The summed E-state index contributed by atoms with van der Waals surface area (Å²) in [5.41, 5.74) is 4.08. The van der Waals surface area contributed by atoms with Gasteiger partial charge in [-0.15, -0.1) is 0 Å². The van der Waals surface area contributed by atoms with E-state index in [1.165, 1.54) is 0 Å². The maximum atomic E-state index is 12.7. The third-order valence-corrected chi connectivity index (χ3v) is 6.37. The highest BCUT2D eigenvalue weighted by Crippen LogP contribution is 2.28. The molecule has 1 aliphatic rings. The summed E-state index contributed by atoms with van der Waals surface area (Å²) < 4.78 is 25.4. The zero-order chi connectivity index (χ0) is 19.1. The van der Waals surface area contributed by atoms with E-state index in [9.17, 15) is 13.2 Å². The lowest BCUT2D eigenvalue weighted by molar-refractivity contribution is 0.102. The van der Waals surface area contributed by atoms with Crippen LogP contribution in [0.5, 0.6) is 0 Å². The van der Waals surface area contributed by atoms with Gasteiger partial charge in [-0.2, -0.15) is 5.10 Å². The predicted octanol–water partition coefficient (Wildman–Crippen LogP) is 3.24. The lowest BCUT2D eigenvalue weighted by Crippen LogP contribution is -2.17. The Bertz CT molecular complexity index is 925. The molecule has 140 valence electrons. The summed E-state index contributed by atoms with van der Waals surface area (Å²) >= 11 is 0. The minimum Gasteiger partial charge on any atom is -0.321 e. The van der Waals surface area contributed by atoms with Crippen molar-refractivity contribution in [2.24, 2.45) is 0 Å². The van der Waals surface area contributed by atoms with Gasteiger partial charge in [-0.25, -0.2) is 8.42 Å². The summed E-state index contributed by atoms with van der Waals surface area (Å²) in [5, 5.41) is 7.35. The number of aryl methyl sites for hydroxylation is 2. The molecule has 1 fully saturated rings. The second-order valence-corrected chi connectivity index (χ2v) is 9.67. The maximum Gasteiger partial charge on any atom is 0.276 e. The number of sulfone groups is 1. The first-order valence-corrected chi connectivity index (χ1v) is 10.7. The van der Waals surface area contributed by atoms with Crippen LogP contribution in [-0.4, -0.2) is 35.6 Å². The number of hydrogen-bond donors (Lipinski definition) is 1. The van der Waals surface area contributed by atoms with Crippen LogP contribution in [0.15, 0.2) is 24.3 Å². The molecule has 1 aromatic heterocycles. The molecule has 6 nitrogen and oxygen atoms in total. The topological polar surface area (TPSA) is 81.1 Å². The molecule has 1 atom stereocenters. The minimum atomic E-state index is -3.02. The number of nitrogens with one attached hydrogen (secondary N) is 1. The molecule has 1 aromatic carbocycles. The van der Waals surface area contributed by atoms with Crippen LogP contribution in [0, 0.1) is 13.8 Å². The van der Waals surface area contributed by atoms with Crippen LogP contribution in [-0.2, 0) is 9.84 Å². The van der Waals surface area contributed by atoms with Gasteiger partial charge in [0.25, 0.3) is 5.91 Å². The maximum absolute atomic E-state index is 12.7. The number of carbonyl (C=O) groups excluding carboxylic acids is 1. The zero-order valence-corrected chi connectivity index (χ0v) is 16.4. The van der Waals surface area contributed by atoms with E-state index < -0.39 is 9.84 Å². The van der Waals surface area contributed by atoms with Gasteiger partial charge in [-0.3, -0.25) is 9.48 Å². The van der Waals surface area contributed by atoms with Crippen LogP contribution in [0.2, 0.25) is 0 Å². The summed E-state index contributed by atoms with van der Waals surface area (Å²) in [5.74, 6) is 0.135. The predicted molar refractivity (Wildman–Crippen MR) is 102 cm³/mol. The van der Waals surface area contributed by atoms with Crippen LogP contribution in [0.25, 0.3) is 0 Å². The van der Waals surface area contributed by atoms with Gasteiger partial charge in [0, 0.05) is 11.4 Å². The molecular weight excluding hydrogens is 350 g/mol. The van der Waals surface area contributed by atoms with Gasteiger partial charge in [0.05, 0.1) is 17.5 Å². The fourth-order valence-corrected chi connectivity index (χ4v) is 5.15. The van der Waals surface area contributed by atoms with Gasteiger partial charge in [-0.05, 0) is 55.5 Å². The Morgan fingerprint density at radius 2 is 1.85 bits per heavy atom. The summed E-state index contributed by atoms with van der Waals surface area (Å²) in [7, 11) is -3.02. The molecular formula is C19H25N3O3S. The van der Waals surface area contributed by atoms with E-state index >= 15 is 0 Å². The molecule has 0 spiro atoms. The molecule has 0 aliphatic carbocycles. The van der Waals surface area contributed by atoms with E-state index in [4.69, 9.17) is 0 Å². The van der Waals surface area contributed by atoms with Gasteiger partial charge < -0.3 is 5.32 Å². The van der Waals surface area contributed by atoms with Gasteiger partial charge in [0.2, 0.25) is 0 Å². The summed E-state index contributed by atoms with van der Waals surface area (Å²) in [6, 6.07) is 7.44. The molecule has 26 heavy (non-hydrogen) atoms. The molecule has 7 heteroatoms. The van der Waals surface area contributed by atoms with Gasteiger partial charge in [-0.1, -0.05) is 19.9 Å². The average Bonchev–Trinajstić information content (AvgIpc) is 3.09. The van der Waals surface area contributed by atoms with Crippen molar-refractivity contribution in [2.45, 2.75) is 46.1 Å². The molecule has 2 heterocycles. The van der Waals surface area contributed by atoms with Gasteiger partial charge >= 0.3 is 0 Å². The highest BCUT2D eigenvalue weighted by molar-refractivity contribution is 7.91. The number of hydrogen-bond acceptors (Lipinski definition) is 4. The van der Waals surface area contributed by atoms with Crippen molar-refractivity contribution in [3.05, 3.63) is 46.8 Å². The monoisotopic (exact) mass is 375 g/mol. The number of amides is 1. The average molecular weight is 375 g/mol. The Hall–Kier alpha value is -2.15. The van der Waals surface area contributed by atoms with E-state index in [2.05, 4.69) is 10.4 Å². The number of anilines is 1. The summed E-state index contributed by atoms with van der Waals surface area (Å²) in [6.07, 6.45) is 0.544. The number of aromatic nitrogens is 2. The lowest BCUT2D eigenvalue weighted by Gasteiger charge is -2.15. The lowest BCUT2D eigenvalue weighted by atomic mass is 10.1. The molecule has 2 aromatic rings. The molecule has 1 saturated heterocycles. The molecule has 1 amide bonds. The third-order valence-electron chi connectivity index (χ3n) is 4.62. The second-order valence-electron chi connectivity index (χ2n) is 7.44. The standard InChI is InChI=1S/C19H25N3O3S/c1-12(2)18-10-17(21-22(18)16-5-6-26(24,25)11-16)19(23)20-15-8-13(3)7-14(4)9-15/h7-10,12,16H,5-6,11H2,1-4H3,(H,20,23)/t16-/m0/s1. The van der Waals surface area contributed by atoms with Crippen LogP contribution in [0.1, 0.15) is 59.5 Å². The third kappa shape index (κ3) is 3.98. The fraction of sp³-hybridized carbons (Fsp3) is 0.474. The van der Waals surface area contributed by atoms with Crippen molar-refractivity contribution in [2.75, 3.05) is 16.8 Å². The van der Waals surface area contributed by atoms with Crippen molar-refractivity contribution in [1.29, 1.82) is 0 Å². The zero-order valence-electron chi connectivity index (χ0n) is 15.6. The Morgan fingerprint density at radius 1 is 1.19 bits per heavy atom. The van der Waals surface area contributed by atoms with Crippen LogP contribution < -0.4 is 5.32 Å². The highest BCUT2D eigenvalue weighted by atomic mass is 32.2. The van der Waals surface area contributed by atoms with Crippen molar-refractivity contribution >= 4 is 21.4 Å². The van der Waals surface area contributed by atoms with E-state index in [0.717, 1.165) is 22.5 Å². The first kappa shape index (κ1) is 18.6. The molecule has 1 N–H and O–H groups in total. The minimum absolute atomic E-state index is 0.0898. The van der Waals surface area contributed by atoms with E-state index in [1.54, 1.807) is 10.7 Å². The van der Waals surface area contributed by atoms with Crippen molar-refractivity contribution in [1.82, 2.24) is 9.78 Å².